The molecule has 0 saturated heterocycles. The van der Waals surface area contributed by atoms with E-state index < -0.39 is 74.1 Å². The van der Waals surface area contributed by atoms with Crippen molar-refractivity contribution in [1.29, 1.82) is 0 Å². The highest BCUT2D eigenvalue weighted by molar-refractivity contribution is 5.60. The van der Waals surface area contributed by atoms with E-state index in [0.717, 1.165) is 0 Å². The lowest BCUT2D eigenvalue weighted by molar-refractivity contribution is -2.00. The number of benzene rings is 1. The van der Waals surface area contributed by atoms with Crippen LogP contribution in [0.5, 0.6) is 0 Å². The molecule has 0 saturated carbocycles. The molecule has 2 rings (SSSR count). The summed E-state index contributed by atoms with van der Waals surface area (Å²) in [6.45, 7) is 0. The highest BCUT2D eigenvalue weighted by Crippen LogP contribution is 2.34. The molecule has 0 spiro atoms. The first-order chi connectivity index (χ1) is 11.7. The normalized spacial score (nSPS) is 11.3. The van der Waals surface area contributed by atoms with Gasteiger partial charge in [-0.05, 0) is 0 Å². The van der Waals surface area contributed by atoms with E-state index in [1.54, 1.807) is 0 Å². The lowest BCUT2D eigenvalue weighted by Gasteiger charge is -2.17. The Bertz CT molecular complexity index is 820. The van der Waals surface area contributed by atoms with Gasteiger partial charge >= 0.3 is 11.8 Å². The Labute approximate surface area is 137 Å². The van der Waals surface area contributed by atoms with Crippen LogP contribution in [0.3, 0.4) is 0 Å². The molecule has 0 N–H and O–H groups in total. The van der Waals surface area contributed by atoms with Crippen molar-refractivity contribution in [2.45, 2.75) is 0 Å². The Hall–Kier alpha value is -2.13. The summed E-state index contributed by atoms with van der Waals surface area (Å²) in [6, 6.07) is -2.44. The fourth-order valence-electron chi connectivity index (χ4n) is 1.43. The van der Waals surface area contributed by atoms with E-state index in [1.165, 1.54) is 0 Å². The molecule has 0 fully saturated rings. The molecule has 15 heteroatoms. The van der Waals surface area contributed by atoms with Gasteiger partial charge in [-0.15, -0.1) is 14.6 Å². The predicted octanol–water partition coefficient (Wildman–Crippen LogP) is -0.276. The van der Waals surface area contributed by atoms with Gasteiger partial charge in [-0.3, -0.25) is 0 Å². The number of hydrogen-bond donors (Lipinski definition) is 0. The third kappa shape index (κ3) is 4.53. The zero-order valence-electron chi connectivity index (χ0n) is 11.3. The van der Waals surface area contributed by atoms with Gasteiger partial charge in [0, 0.05) is 0 Å². The zero-order valence-corrected chi connectivity index (χ0v) is 12.1. The largest absolute Gasteiger partial charge is 0.553 e. The first kappa shape index (κ1) is 21.9. The maximum Gasteiger partial charge on any atom is 0.553 e. The van der Waals surface area contributed by atoms with Crippen molar-refractivity contribution < 1.29 is 72.8 Å². The molecule has 2 aromatic rings. The Morgan fingerprint density at radius 3 is 1.19 bits per heavy atom. The summed E-state index contributed by atoms with van der Waals surface area (Å²) in [7, 11) is -4.94. The van der Waals surface area contributed by atoms with Crippen LogP contribution in [-0.4, -0.2) is 0 Å². The van der Waals surface area contributed by atoms with Gasteiger partial charge in [0.15, 0.2) is 28.8 Å². The second-order valence-electron chi connectivity index (χ2n) is 3.97. The van der Waals surface area contributed by atoms with Gasteiger partial charge in [-0.2, -0.15) is 17.6 Å². The summed E-state index contributed by atoms with van der Waals surface area (Å²) < 4.78 is 155. The molecular weight excluding hydrogens is 419 g/mol. The fourth-order valence-corrected chi connectivity index (χ4v) is 1.43. The second kappa shape index (κ2) is 7.63. The van der Waals surface area contributed by atoms with Crippen molar-refractivity contribution in [3.05, 3.63) is 52.6 Å². The second-order valence-corrected chi connectivity index (χ2v) is 4.73. The molecule has 0 unspecified atom stereocenters. The Balaban J connectivity index is 0.000000597. The van der Waals surface area contributed by atoms with E-state index in [2.05, 4.69) is 4.42 Å². The Morgan fingerprint density at radius 2 is 0.808 bits per heavy atom. The van der Waals surface area contributed by atoms with Gasteiger partial charge in [0.05, 0.1) is 0 Å². The molecule has 1 aromatic carbocycles. The van der Waals surface area contributed by atoms with Crippen LogP contribution in [0.2, 0.25) is 0 Å². The van der Waals surface area contributed by atoms with Gasteiger partial charge in [0.2, 0.25) is 11.6 Å². The van der Waals surface area contributed by atoms with Crippen molar-refractivity contribution >= 4 is 0 Å². The van der Waals surface area contributed by atoms with Crippen molar-refractivity contribution in [3.63, 3.8) is 0 Å². The Kier molecular flexibility index (Phi) is 6.43. The quantitative estimate of drug-likeness (QED) is 0.274. The third-order valence-electron chi connectivity index (χ3n) is 2.39. The lowest BCUT2D eigenvalue weighted by Crippen LogP contribution is -2.68. The van der Waals surface area contributed by atoms with Gasteiger partial charge in [0.25, 0.3) is 11.6 Å². The van der Waals surface area contributed by atoms with Crippen LogP contribution >= 0.6 is 0 Å². The van der Waals surface area contributed by atoms with Crippen LogP contribution in [0.1, 0.15) is 0 Å². The molecule has 0 radical (unpaired) electrons. The van der Waals surface area contributed by atoms with Crippen LogP contribution in [0.25, 0.3) is 11.3 Å². The molecule has 0 amide bonds. The standard InChI is InChI=1S/C11F9O.ClHO4/c12-2-1(3(13)5(15)6(16)4(2)14)10-8(18)7(17)9(19)11(20)21-10;2-1(3,4)5/h;(H,2,3,4,5)/q+1;/p-1. The van der Waals surface area contributed by atoms with E-state index in [1.807, 2.05) is 0 Å². The van der Waals surface area contributed by atoms with Gasteiger partial charge < -0.3 is 0 Å². The van der Waals surface area contributed by atoms with Crippen molar-refractivity contribution in [3.8, 4) is 11.3 Å². The summed E-state index contributed by atoms with van der Waals surface area (Å²) in [4.78, 5) is 0. The molecule has 1 aromatic heterocycles. The molecule has 5 nitrogen and oxygen atoms in total. The SMILES string of the molecule is Fc1[o+]c(-c2c(F)c(F)c(F)c(F)c2F)c(F)c(F)c1F.[O-][Cl+3]([O-])([O-])[O-]. The number of hydrogen-bond acceptors (Lipinski definition) is 4. The molecule has 0 bridgehead atoms. The minimum Gasteiger partial charge on any atom is -0.222 e. The summed E-state index contributed by atoms with van der Waals surface area (Å²) >= 11 is 0. The third-order valence-corrected chi connectivity index (χ3v) is 2.39. The van der Waals surface area contributed by atoms with E-state index in [0.29, 0.717) is 0 Å². The maximum absolute atomic E-state index is 13.3. The molecular formula is C11ClF9O5. The molecule has 26 heavy (non-hydrogen) atoms. The van der Waals surface area contributed by atoms with Crippen LogP contribution in [0.4, 0.5) is 39.5 Å². The topological polar surface area (TPSA) is 104 Å². The predicted molar refractivity (Wildman–Crippen MR) is 48.2 cm³/mol. The van der Waals surface area contributed by atoms with Crippen molar-refractivity contribution in [2.24, 2.45) is 0 Å². The van der Waals surface area contributed by atoms with E-state index in [-0.39, 0.29) is 0 Å². The van der Waals surface area contributed by atoms with Crippen molar-refractivity contribution in [1.82, 2.24) is 0 Å². The summed E-state index contributed by atoms with van der Waals surface area (Å²) in [5.41, 5.74) is -2.07. The summed E-state index contributed by atoms with van der Waals surface area (Å²) in [5, 5.41) is 0. The number of rotatable bonds is 1. The smallest absolute Gasteiger partial charge is 0.222 e. The minimum absolute atomic E-state index is 2.01. The zero-order chi connectivity index (χ0) is 20.6. The van der Waals surface area contributed by atoms with Crippen LogP contribution in [0, 0.1) is 62.8 Å². The van der Waals surface area contributed by atoms with Gasteiger partial charge in [-0.25, -0.2) is 40.6 Å². The number of halogens is 10. The van der Waals surface area contributed by atoms with Crippen molar-refractivity contribution in [2.75, 3.05) is 0 Å². The van der Waals surface area contributed by atoms with Gasteiger partial charge in [-0.1, -0.05) is 0 Å². The molecule has 0 atom stereocenters. The summed E-state index contributed by atoms with van der Waals surface area (Å²) in [5.74, 6) is -22.2. The first-order valence-electron chi connectivity index (χ1n) is 5.48. The molecule has 144 valence electrons. The highest BCUT2D eigenvalue weighted by atomic mass is 35.7. The van der Waals surface area contributed by atoms with E-state index in [9.17, 15) is 39.5 Å². The Morgan fingerprint density at radius 1 is 0.500 bits per heavy atom. The lowest BCUT2D eigenvalue weighted by atomic mass is 10.1. The monoisotopic (exact) mass is 418 g/mol. The maximum atomic E-state index is 13.3. The van der Waals surface area contributed by atoms with E-state index >= 15 is 0 Å². The van der Waals surface area contributed by atoms with Crippen LogP contribution in [0.15, 0.2) is 4.42 Å². The van der Waals surface area contributed by atoms with Crippen LogP contribution < -0.4 is 18.6 Å². The van der Waals surface area contributed by atoms with E-state index in [4.69, 9.17) is 18.6 Å². The van der Waals surface area contributed by atoms with Gasteiger partial charge in [0.1, 0.15) is 0 Å². The summed E-state index contributed by atoms with van der Waals surface area (Å²) in [6.07, 6.45) is 0. The molecule has 0 aliphatic carbocycles. The molecule has 0 aliphatic heterocycles. The fraction of sp³-hybridized carbons (Fsp3) is 0. The minimum atomic E-state index is -4.94. The van der Waals surface area contributed by atoms with Crippen LogP contribution in [-0.2, 0) is 0 Å². The molecule has 0 aliphatic rings. The molecule has 1 heterocycles. The average Bonchev–Trinajstić information content (AvgIpc) is 2.52. The highest BCUT2D eigenvalue weighted by Gasteiger charge is 2.40. The first-order valence-corrected chi connectivity index (χ1v) is 6.71. The average molecular weight is 419 g/mol.